The molecule has 0 aliphatic carbocycles. The van der Waals surface area contributed by atoms with Crippen LogP contribution in [0.3, 0.4) is 0 Å². The quantitative estimate of drug-likeness (QED) is 0.282. The topological polar surface area (TPSA) is 118 Å². The van der Waals surface area contributed by atoms with Gasteiger partial charge in [0.25, 0.3) is 0 Å². The minimum Gasteiger partial charge on any atom is -0.394 e. The number of hydrogen-bond acceptors (Lipinski definition) is 6. The molecule has 0 aromatic rings. The van der Waals surface area contributed by atoms with E-state index >= 15 is 0 Å². The number of aldehydes is 1. The second kappa shape index (κ2) is 5.18. The van der Waals surface area contributed by atoms with Gasteiger partial charge in [0.2, 0.25) is 0 Å². The van der Waals surface area contributed by atoms with Crippen LogP contribution >= 0.6 is 0 Å². The summed E-state index contributed by atoms with van der Waals surface area (Å²) in [6, 6.07) is 0. The summed E-state index contributed by atoms with van der Waals surface area (Å²) < 4.78 is 0. The molecule has 2 unspecified atom stereocenters. The lowest BCUT2D eigenvalue weighted by Crippen LogP contribution is -2.46. The van der Waals surface area contributed by atoms with Gasteiger partial charge < -0.3 is 30.3 Å². The molecule has 5 N–H and O–H groups in total. The zero-order chi connectivity index (χ0) is 9.72. The van der Waals surface area contributed by atoms with Gasteiger partial charge in [0.15, 0.2) is 6.29 Å². The minimum atomic E-state index is -1.79. The first kappa shape index (κ1) is 11.5. The molecule has 0 aliphatic heterocycles. The number of hydrogen-bond donors (Lipinski definition) is 5. The summed E-state index contributed by atoms with van der Waals surface area (Å²) in [7, 11) is 0. The first-order chi connectivity index (χ1) is 5.54. The first-order valence-electron chi connectivity index (χ1n) is 3.33. The molecule has 0 fully saturated rings. The minimum absolute atomic E-state index is 0.0258. The Kier molecular flexibility index (Phi) is 4.95. The number of rotatable bonds is 5. The molecule has 0 aromatic heterocycles. The van der Waals surface area contributed by atoms with Gasteiger partial charge in [-0.2, -0.15) is 0 Å². The van der Waals surface area contributed by atoms with E-state index in [1.54, 1.807) is 0 Å². The molecule has 0 rings (SSSR count). The van der Waals surface area contributed by atoms with Crippen LogP contribution in [0.25, 0.3) is 0 Å². The van der Waals surface area contributed by atoms with E-state index in [4.69, 9.17) is 25.5 Å². The molecular weight excluding hydrogens is 168 g/mol. The van der Waals surface area contributed by atoms with Crippen LogP contribution in [0.5, 0.6) is 0 Å². The highest BCUT2D eigenvalue weighted by Crippen LogP contribution is 2.02. The average molecular weight is 180 g/mol. The maximum Gasteiger partial charge on any atom is 0.151 e. The summed E-state index contributed by atoms with van der Waals surface area (Å²) in [6.45, 7) is -0.760. The van der Waals surface area contributed by atoms with E-state index in [1.165, 1.54) is 0 Å². The summed E-state index contributed by atoms with van der Waals surface area (Å²) in [5, 5.41) is 43.5. The molecule has 12 heavy (non-hydrogen) atoms. The smallest absolute Gasteiger partial charge is 0.151 e. The van der Waals surface area contributed by atoms with Crippen molar-refractivity contribution >= 4 is 6.29 Å². The van der Waals surface area contributed by atoms with E-state index in [0.29, 0.717) is 0 Å². The maximum atomic E-state index is 9.90. The Morgan fingerprint density at radius 1 is 1.08 bits per heavy atom. The van der Waals surface area contributed by atoms with Crippen LogP contribution in [0.2, 0.25) is 0 Å². The third kappa shape index (κ3) is 2.84. The van der Waals surface area contributed by atoms with Gasteiger partial charge in [-0.15, -0.1) is 0 Å². The number of aliphatic hydroxyl groups is 5. The van der Waals surface area contributed by atoms with Crippen molar-refractivity contribution in [3.63, 3.8) is 0 Å². The Morgan fingerprint density at radius 2 is 1.58 bits per heavy atom. The molecule has 0 bridgehead atoms. The normalized spacial score (nSPS) is 21.1. The van der Waals surface area contributed by atoms with Crippen molar-refractivity contribution in [1.82, 2.24) is 0 Å². The highest BCUT2D eigenvalue weighted by molar-refractivity contribution is 5.56. The molecule has 0 aliphatic rings. The Balaban J connectivity index is 4.07. The molecule has 6 heteroatoms. The highest BCUT2D eigenvalue weighted by atomic mass is 16.4. The van der Waals surface area contributed by atoms with Crippen molar-refractivity contribution in [3.05, 3.63) is 0 Å². The van der Waals surface area contributed by atoms with Gasteiger partial charge in [0.1, 0.15) is 24.4 Å². The SMILES string of the molecule is O=CC(O)C(O)[C@H](O)[C@H](O)CO. The molecular formula is C6H12O6. The lowest BCUT2D eigenvalue weighted by Gasteiger charge is -2.22. The molecule has 0 saturated carbocycles. The van der Waals surface area contributed by atoms with Gasteiger partial charge in [-0.25, -0.2) is 0 Å². The van der Waals surface area contributed by atoms with Crippen LogP contribution in [0, 0.1) is 0 Å². The van der Waals surface area contributed by atoms with Crippen LogP contribution in [-0.4, -0.2) is 62.8 Å². The van der Waals surface area contributed by atoms with E-state index in [1.807, 2.05) is 0 Å². The van der Waals surface area contributed by atoms with Gasteiger partial charge in [0.05, 0.1) is 6.61 Å². The Bertz CT molecular complexity index is 138. The molecule has 0 spiro atoms. The zero-order valence-electron chi connectivity index (χ0n) is 6.24. The van der Waals surface area contributed by atoms with Gasteiger partial charge in [-0.05, 0) is 0 Å². The molecule has 4 atom stereocenters. The molecule has 0 radical (unpaired) electrons. The first-order valence-corrected chi connectivity index (χ1v) is 3.33. The monoisotopic (exact) mass is 180 g/mol. The summed E-state index contributed by atoms with van der Waals surface area (Å²) in [6.07, 6.45) is -6.84. The summed E-state index contributed by atoms with van der Waals surface area (Å²) in [5.74, 6) is 0. The summed E-state index contributed by atoms with van der Waals surface area (Å²) in [4.78, 5) is 9.90. The van der Waals surface area contributed by atoms with Crippen LogP contribution in [-0.2, 0) is 4.79 Å². The third-order valence-electron chi connectivity index (χ3n) is 1.42. The molecule has 0 aromatic carbocycles. The van der Waals surface area contributed by atoms with Gasteiger partial charge in [-0.3, -0.25) is 0 Å². The highest BCUT2D eigenvalue weighted by Gasteiger charge is 2.29. The van der Waals surface area contributed by atoms with Gasteiger partial charge >= 0.3 is 0 Å². The number of carbonyl (C=O) groups excluding carboxylic acids is 1. The largest absolute Gasteiger partial charge is 0.394 e. The molecule has 0 heterocycles. The van der Waals surface area contributed by atoms with E-state index in [0.717, 1.165) is 0 Å². The van der Waals surface area contributed by atoms with Crippen LogP contribution < -0.4 is 0 Å². The van der Waals surface area contributed by atoms with Gasteiger partial charge in [0, 0.05) is 0 Å². The predicted octanol–water partition coefficient (Wildman–Crippen LogP) is -3.38. The van der Waals surface area contributed by atoms with Crippen molar-refractivity contribution in [2.24, 2.45) is 0 Å². The zero-order valence-corrected chi connectivity index (χ0v) is 6.24. The van der Waals surface area contributed by atoms with Crippen LogP contribution in [0.15, 0.2) is 0 Å². The average Bonchev–Trinajstić information content (AvgIpc) is 2.12. The van der Waals surface area contributed by atoms with E-state index in [-0.39, 0.29) is 6.29 Å². The Morgan fingerprint density at radius 3 is 1.92 bits per heavy atom. The fourth-order valence-electron chi connectivity index (χ4n) is 0.618. The maximum absolute atomic E-state index is 9.90. The Hall–Kier alpha value is -0.530. The second-order valence-electron chi connectivity index (χ2n) is 2.36. The lowest BCUT2D eigenvalue weighted by molar-refractivity contribution is -0.136. The summed E-state index contributed by atoms with van der Waals surface area (Å²) >= 11 is 0. The van der Waals surface area contributed by atoms with Gasteiger partial charge in [-0.1, -0.05) is 0 Å². The van der Waals surface area contributed by atoms with Crippen LogP contribution in [0.1, 0.15) is 0 Å². The predicted molar refractivity (Wildman–Crippen MR) is 37.2 cm³/mol. The van der Waals surface area contributed by atoms with Crippen molar-refractivity contribution in [3.8, 4) is 0 Å². The van der Waals surface area contributed by atoms with Crippen molar-refractivity contribution in [2.45, 2.75) is 24.4 Å². The van der Waals surface area contributed by atoms with Crippen molar-refractivity contribution in [2.75, 3.05) is 6.61 Å². The van der Waals surface area contributed by atoms with E-state index in [2.05, 4.69) is 0 Å². The lowest BCUT2D eigenvalue weighted by atomic mass is 10.0. The molecule has 0 saturated heterocycles. The summed E-state index contributed by atoms with van der Waals surface area (Å²) in [5.41, 5.74) is 0. The van der Waals surface area contributed by atoms with E-state index < -0.39 is 31.0 Å². The van der Waals surface area contributed by atoms with E-state index in [9.17, 15) is 4.79 Å². The number of aliphatic hydroxyl groups excluding tert-OH is 5. The Labute approximate surface area is 68.7 Å². The molecule has 72 valence electrons. The molecule has 0 amide bonds. The second-order valence-corrected chi connectivity index (χ2v) is 2.36. The fraction of sp³-hybridized carbons (Fsp3) is 0.833. The van der Waals surface area contributed by atoms with Crippen molar-refractivity contribution < 1.29 is 30.3 Å². The van der Waals surface area contributed by atoms with Crippen LogP contribution in [0.4, 0.5) is 0 Å². The molecule has 6 nitrogen and oxygen atoms in total. The van der Waals surface area contributed by atoms with Crippen molar-refractivity contribution in [1.29, 1.82) is 0 Å². The third-order valence-corrected chi connectivity index (χ3v) is 1.42. The standard InChI is InChI=1S/C6H12O6/c7-1-3(9)5(11)6(12)4(10)2-8/h1,3-6,8-12H,2H2/t3?,4-,5?,6-/m1/s1. The fourth-order valence-corrected chi connectivity index (χ4v) is 0.618. The number of carbonyl (C=O) groups is 1.